The molecular formula is C13H16N2O. The molecule has 16 heavy (non-hydrogen) atoms. The first-order chi connectivity index (χ1) is 7.59. The lowest BCUT2D eigenvalue weighted by Gasteiger charge is -2.14. The number of aliphatic hydroxyl groups excluding tert-OH is 1. The molecule has 0 aliphatic rings. The van der Waals surface area contributed by atoms with Crippen molar-refractivity contribution >= 4 is 0 Å². The van der Waals surface area contributed by atoms with Gasteiger partial charge in [0.25, 0.3) is 0 Å². The van der Waals surface area contributed by atoms with Crippen LogP contribution < -0.4 is 0 Å². The van der Waals surface area contributed by atoms with Gasteiger partial charge < -0.3 is 10.1 Å². The van der Waals surface area contributed by atoms with Gasteiger partial charge in [0.05, 0.1) is 11.9 Å². The molecule has 0 fully saturated rings. The lowest BCUT2D eigenvalue weighted by atomic mass is 9.96. The number of hydrogen-bond donors (Lipinski definition) is 2. The van der Waals surface area contributed by atoms with E-state index in [1.165, 1.54) is 0 Å². The fourth-order valence-corrected chi connectivity index (χ4v) is 1.99. The third-order valence-corrected chi connectivity index (χ3v) is 2.83. The first-order valence-electron chi connectivity index (χ1n) is 5.35. The zero-order chi connectivity index (χ0) is 11.7. The van der Waals surface area contributed by atoms with Crippen LogP contribution in [0.4, 0.5) is 0 Å². The predicted molar refractivity (Wildman–Crippen MR) is 63.3 cm³/mol. The zero-order valence-corrected chi connectivity index (χ0v) is 9.78. The smallest absolute Gasteiger partial charge is 0.121 e. The molecule has 3 nitrogen and oxygen atoms in total. The van der Waals surface area contributed by atoms with E-state index in [1.807, 2.05) is 39.0 Å². The fraction of sp³-hybridized carbons (Fsp3) is 0.308. The standard InChI is InChI=1S/C13H16N2O/c1-8-5-4-6-9(2)12(8)13(16)11-7-14-10(3)15-11/h4-7,13,16H,1-3H3,(H,14,15). The topological polar surface area (TPSA) is 48.9 Å². The first-order valence-corrected chi connectivity index (χ1v) is 5.35. The van der Waals surface area contributed by atoms with Gasteiger partial charge >= 0.3 is 0 Å². The van der Waals surface area contributed by atoms with E-state index in [0.717, 1.165) is 28.2 Å². The number of benzene rings is 1. The molecule has 1 aromatic carbocycles. The number of aliphatic hydroxyl groups is 1. The summed E-state index contributed by atoms with van der Waals surface area (Å²) < 4.78 is 0. The summed E-state index contributed by atoms with van der Waals surface area (Å²) in [7, 11) is 0. The van der Waals surface area contributed by atoms with Crippen LogP contribution in [0.15, 0.2) is 24.4 Å². The molecule has 1 aromatic heterocycles. The molecule has 0 saturated carbocycles. The van der Waals surface area contributed by atoms with Gasteiger partial charge in [-0.15, -0.1) is 0 Å². The lowest BCUT2D eigenvalue weighted by Crippen LogP contribution is -2.04. The Morgan fingerprint density at radius 2 is 1.81 bits per heavy atom. The maximum absolute atomic E-state index is 10.3. The summed E-state index contributed by atoms with van der Waals surface area (Å²) >= 11 is 0. The third kappa shape index (κ3) is 1.86. The van der Waals surface area contributed by atoms with E-state index in [9.17, 15) is 5.11 Å². The monoisotopic (exact) mass is 216 g/mol. The van der Waals surface area contributed by atoms with E-state index in [1.54, 1.807) is 6.20 Å². The summed E-state index contributed by atoms with van der Waals surface area (Å²) in [6.45, 7) is 5.89. The van der Waals surface area contributed by atoms with Crippen molar-refractivity contribution in [1.82, 2.24) is 9.97 Å². The second-order valence-corrected chi connectivity index (χ2v) is 4.13. The van der Waals surface area contributed by atoms with Gasteiger partial charge in [-0.2, -0.15) is 0 Å². The second kappa shape index (κ2) is 4.10. The summed E-state index contributed by atoms with van der Waals surface area (Å²) in [5.74, 6) is 0.820. The zero-order valence-electron chi connectivity index (χ0n) is 9.78. The average molecular weight is 216 g/mol. The molecule has 1 heterocycles. The summed E-state index contributed by atoms with van der Waals surface area (Å²) in [6.07, 6.45) is 1.06. The van der Waals surface area contributed by atoms with Crippen LogP contribution in [0, 0.1) is 20.8 Å². The molecule has 84 valence electrons. The van der Waals surface area contributed by atoms with Gasteiger partial charge in [-0.25, -0.2) is 4.98 Å². The first kappa shape index (κ1) is 10.9. The van der Waals surface area contributed by atoms with Crippen LogP contribution in [0.25, 0.3) is 0 Å². The summed E-state index contributed by atoms with van der Waals surface area (Å²) in [4.78, 5) is 7.17. The SMILES string of the molecule is Cc1ncc(C(O)c2c(C)cccc2C)[nH]1. The quantitative estimate of drug-likeness (QED) is 0.810. The van der Waals surface area contributed by atoms with Crippen LogP contribution in [-0.2, 0) is 0 Å². The van der Waals surface area contributed by atoms with Gasteiger partial charge in [-0.3, -0.25) is 0 Å². The Bertz CT molecular complexity index is 482. The van der Waals surface area contributed by atoms with Crippen molar-refractivity contribution in [3.63, 3.8) is 0 Å². The van der Waals surface area contributed by atoms with Crippen molar-refractivity contribution < 1.29 is 5.11 Å². The molecule has 3 heteroatoms. The summed E-state index contributed by atoms with van der Waals surface area (Å²) in [5, 5.41) is 10.3. The molecule has 0 amide bonds. The molecule has 0 spiro atoms. The molecule has 1 unspecified atom stereocenters. The Morgan fingerprint density at radius 1 is 1.19 bits per heavy atom. The van der Waals surface area contributed by atoms with Crippen molar-refractivity contribution in [2.24, 2.45) is 0 Å². The minimum atomic E-state index is -0.623. The van der Waals surface area contributed by atoms with E-state index in [-0.39, 0.29) is 0 Å². The average Bonchev–Trinajstić information content (AvgIpc) is 2.64. The van der Waals surface area contributed by atoms with Crippen LogP contribution in [-0.4, -0.2) is 15.1 Å². The predicted octanol–water partition coefficient (Wildman–Crippen LogP) is 2.42. The van der Waals surface area contributed by atoms with E-state index in [2.05, 4.69) is 9.97 Å². The number of hydrogen-bond acceptors (Lipinski definition) is 2. The highest BCUT2D eigenvalue weighted by Gasteiger charge is 2.16. The molecule has 2 rings (SSSR count). The van der Waals surface area contributed by atoms with Crippen LogP contribution >= 0.6 is 0 Å². The van der Waals surface area contributed by atoms with Crippen molar-refractivity contribution in [1.29, 1.82) is 0 Å². The number of nitrogens with one attached hydrogen (secondary N) is 1. The fourth-order valence-electron chi connectivity index (χ4n) is 1.99. The van der Waals surface area contributed by atoms with Crippen LogP contribution in [0.2, 0.25) is 0 Å². The van der Waals surface area contributed by atoms with Crippen molar-refractivity contribution in [2.45, 2.75) is 26.9 Å². The van der Waals surface area contributed by atoms with Crippen molar-refractivity contribution in [3.8, 4) is 0 Å². The normalized spacial score (nSPS) is 12.8. The number of aromatic nitrogens is 2. The number of aromatic amines is 1. The Morgan fingerprint density at radius 3 is 2.31 bits per heavy atom. The number of nitrogens with zero attached hydrogens (tertiary/aromatic N) is 1. The van der Waals surface area contributed by atoms with Gasteiger partial charge in [0.1, 0.15) is 11.9 Å². The highest BCUT2D eigenvalue weighted by molar-refractivity contribution is 5.38. The third-order valence-electron chi connectivity index (χ3n) is 2.83. The Hall–Kier alpha value is -1.61. The Labute approximate surface area is 95.2 Å². The number of H-pyrrole nitrogens is 1. The highest BCUT2D eigenvalue weighted by Crippen LogP contribution is 2.26. The highest BCUT2D eigenvalue weighted by atomic mass is 16.3. The molecule has 0 radical (unpaired) electrons. The van der Waals surface area contributed by atoms with E-state index < -0.39 is 6.10 Å². The number of aryl methyl sites for hydroxylation is 3. The molecule has 2 aromatic rings. The number of rotatable bonds is 2. The van der Waals surface area contributed by atoms with Gasteiger partial charge in [0.15, 0.2) is 0 Å². The molecule has 2 N–H and O–H groups in total. The van der Waals surface area contributed by atoms with E-state index >= 15 is 0 Å². The summed E-state index contributed by atoms with van der Waals surface area (Å²) in [5.41, 5.74) is 3.90. The molecule has 0 bridgehead atoms. The largest absolute Gasteiger partial charge is 0.382 e. The molecule has 0 saturated heterocycles. The van der Waals surface area contributed by atoms with E-state index in [4.69, 9.17) is 0 Å². The van der Waals surface area contributed by atoms with E-state index in [0.29, 0.717) is 0 Å². The minimum Gasteiger partial charge on any atom is -0.382 e. The van der Waals surface area contributed by atoms with Crippen LogP contribution in [0.3, 0.4) is 0 Å². The molecule has 1 atom stereocenters. The molecule has 0 aliphatic heterocycles. The van der Waals surface area contributed by atoms with Gasteiger partial charge in [0, 0.05) is 0 Å². The Kier molecular flexibility index (Phi) is 2.79. The minimum absolute atomic E-state index is 0.623. The number of imidazole rings is 1. The van der Waals surface area contributed by atoms with Gasteiger partial charge in [-0.1, -0.05) is 18.2 Å². The molecular weight excluding hydrogens is 200 g/mol. The van der Waals surface area contributed by atoms with Gasteiger partial charge in [-0.05, 0) is 37.5 Å². The molecule has 0 aliphatic carbocycles. The second-order valence-electron chi connectivity index (χ2n) is 4.13. The van der Waals surface area contributed by atoms with Crippen molar-refractivity contribution in [2.75, 3.05) is 0 Å². The maximum Gasteiger partial charge on any atom is 0.121 e. The van der Waals surface area contributed by atoms with Crippen LogP contribution in [0.1, 0.15) is 34.3 Å². The maximum atomic E-state index is 10.3. The lowest BCUT2D eigenvalue weighted by molar-refractivity contribution is 0.214. The summed E-state index contributed by atoms with van der Waals surface area (Å²) in [6, 6.07) is 6.02. The van der Waals surface area contributed by atoms with Gasteiger partial charge in [0.2, 0.25) is 0 Å². The Balaban J connectivity index is 2.45. The van der Waals surface area contributed by atoms with Crippen LogP contribution in [0.5, 0.6) is 0 Å². The van der Waals surface area contributed by atoms with Crippen molar-refractivity contribution in [3.05, 3.63) is 52.6 Å².